The summed E-state index contributed by atoms with van der Waals surface area (Å²) in [7, 11) is 0. The normalized spacial score (nSPS) is 10.5. The maximum Gasteiger partial charge on any atom is 0.188 e. The zero-order valence-corrected chi connectivity index (χ0v) is 12.1. The molecule has 84 valence electrons. The van der Waals surface area contributed by atoms with Gasteiger partial charge in [-0.15, -0.1) is 11.3 Å². The van der Waals surface area contributed by atoms with Gasteiger partial charge in [-0.3, -0.25) is 0 Å². The Balaban J connectivity index is 2.31. The number of benzene rings is 1. The smallest absolute Gasteiger partial charge is 0.188 e. The minimum absolute atomic E-state index is 0.488. The molecule has 0 saturated heterocycles. The summed E-state index contributed by atoms with van der Waals surface area (Å²) in [5.41, 5.74) is 1.90. The molecule has 1 N–H and O–H groups in total. The number of anilines is 2. The van der Waals surface area contributed by atoms with Crippen LogP contribution in [0.2, 0.25) is 10.2 Å². The minimum atomic E-state index is 0.488. The molecule has 0 aliphatic rings. The van der Waals surface area contributed by atoms with Crippen LogP contribution in [0, 0.1) is 6.92 Å². The average Bonchev–Trinajstić information content (AvgIpc) is 2.60. The van der Waals surface area contributed by atoms with Crippen molar-refractivity contribution in [3.8, 4) is 0 Å². The summed E-state index contributed by atoms with van der Waals surface area (Å²) in [5, 5.41) is 6.87. The molecule has 16 heavy (non-hydrogen) atoms. The van der Waals surface area contributed by atoms with Gasteiger partial charge in [-0.25, -0.2) is 4.98 Å². The van der Waals surface area contributed by atoms with Crippen molar-refractivity contribution < 1.29 is 0 Å². The summed E-state index contributed by atoms with van der Waals surface area (Å²) >= 11 is 16.7. The maximum atomic E-state index is 6.05. The van der Waals surface area contributed by atoms with Gasteiger partial charge >= 0.3 is 0 Å². The standard InChI is InChI=1S/C10H7BrCl2N2S/c1-5-2-6(11)8(3-7(5)12)14-10-15-9(13)4-16-10/h2-4H,1H3,(H,14,15). The van der Waals surface area contributed by atoms with Gasteiger partial charge in [0.15, 0.2) is 5.13 Å². The van der Waals surface area contributed by atoms with E-state index in [2.05, 4.69) is 26.2 Å². The molecule has 0 bridgehead atoms. The Labute approximate surface area is 116 Å². The van der Waals surface area contributed by atoms with Crippen LogP contribution >= 0.6 is 50.5 Å². The van der Waals surface area contributed by atoms with Crippen LogP contribution in [0.1, 0.15) is 5.56 Å². The van der Waals surface area contributed by atoms with Crippen LogP contribution in [0.25, 0.3) is 0 Å². The van der Waals surface area contributed by atoms with E-state index in [-0.39, 0.29) is 0 Å². The lowest BCUT2D eigenvalue weighted by Gasteiger charge is -2.07. The molecule has 0 fully saturated rings. The van der Waals surface area contributed by atoms with Crippen LogP contribution in [-0.2, 0) is 0 Å². The van der Waals surface area contributed by atoms with Crippen molar-refractivity contribution in [3.63, 3.8) is 0 Å². The Hall–Kier alpha value is -0.290. The van der Waals surface area contributed by atoms with Crippen molar-refractivity contribution in [2.45, 2.75) is 6.92 Å². The number of rotatable bonds is 2. The van der Waals surface area contributed by atoms with Crippen molar-refractivity contribution in [2.24, 2.45) is 0 Å². The number of aromatic nitrogens is 1. The molecule has 0 spiro atoms. The van der Waals surface area contributed by atoms with Crippen LogP contribution < -0.4 is 5.32 Å². The molecule has 0 amide bonds. The molecular weight excluding hydrogens is 331 g/mol. The van der Waals surface area contributed by atoms with Gasteiger partial charge < -0.3 is 5.32 Å². The number of halogens is 3. The highest BCUT2D eigenvalue weighted by molar-refractivity contribution is 9.10. The van der Waals surface area contributed by atoms with Crippen LogP contribution in [0.15, 0.2) is 22.0 Å². The van der Waals surface area contributed by atoms with Crippen molar-refractivity contribution >= 4 is 61.3 Å². The van der Waals surface area contributed by atoms with E-state index < -0.39 is 0 Å². The largest absolute Gasteiger partial charge is 0.330 e. The second-order valence-corrected chi connectivity index (χ2v) is 5.69. The van der Waals surface area contributed by atoms with Gasteiger partial charge in [-0.1, -0.05) is 23.2 Å². The monoisotopic (exact) mass is 336 g/mol. The average molecular weight is 338 g/mol. The first kappa shape index (κ1) is 12.2. The predicted molar refractivity (Wildman–Crippen MR) is 74.3 cm³/mol. The molecule has 1 heterocycles. The van der Waals surface area contributed by atoms with Crippen molar-refractivity contribution in [3.05, 3.63) is 37.7 Å². The Morgan fingerprint density at radius 2 is 2.12 bits per heavy atom. The highest BCUT2D eigenvalue weighted by atomic mass is 79.9. The molecule has 0 aliphatic carbocycles. The van der Waals surface area contributed by atoms with Crippen molar-refractivity contribution in [1.82, 2.24) is 4.98 Å². The fraction of sp³-hybridized carbons (Fsp3) is 0.100. The molecule has 0 unspecified atom stereocenters. The van der Waals surface area contributed by atoms with Gasteiger partial charge in [0.25, 0.3) is 0 Å². The first-order valence-electron chi connectivity index (χ1n) is 4.40. The molecular formula is C10H7BrCl2N2S. The van der Waals surface area contributed by atoms with E-state index in [1.807, 2.05) is 19.1 Å². The van der Waals surface area contributed by atoms with Crippen molar-refractivity contribution in [1.29, 1.82) is 0 Å². The molecule has 2 rings (SSSR count). The lowest BCUT2D eigenvalue weighted by atomic mass is 10.2. The van der Waals surface area contributed by atoms with E-state index in [1.165, 1.54) is 11.3 Å². The number of aryl methyl sites for hydroxylation is 1. The van der Waals surface area contributed by atoms with E-state index in [9.17, 15) is 0 Å². The summed E-state index contributed by atoms with van der Waals surface area (Å²) in [6.45, 7) is 1.96. The Morgan fingerprint density at radius 1 is 1.38 bits per heavy atom. The summed E-state index contributed by atoms with van der Waals surface area (Å²) < 4.78 is 0.945. The van der Waals surface area contributed by atoms with E-state index in [0.29, 0.717) is 10.2 Å². The van der Waals surface area contributed by atoms with Gasteiger partial charge in [0.2, 0.25) is 0 Å². The third-order valence-corrected chi connectivity index (χ3v) is 4.11. The molecule has 1 aromatic carbocycles. The highest BCUT2D eigenvalue weighted by Crippen LogP contribution is 2.32. The molecule has 2 aromatic rings. The number of nitrogens with one attached hydrogen (secondary N) is 1. The van der Waals surface area contributed by atoms with Crippen LogP contribution in [0.4, 0.5) is 10.8 Å². The SMILES string of the molecule is Cc1cc(Br)c(Nc2nc(Cl)cs2)cc1Cl. The minimum Gasteiger partial charge on any atom is -0.330 e. The van der Waals surface area contributed by atoms with E-state index >= 15 is 0 Å². The van der Waals surface area contributed by atoms with E-state index in [4.69, 9.17) is 23.2 Å². The zero-order valence-electron chi connectivity index (χ0n) is 8.22. The number of hydrogen-bond acceptors (Lipinski definition) is 3. The Morgan fingerprint density at radius 3 is 2.75 bits per heavy atom. The maximum absolute atomic E-state index is 6.05. The number of hydrogen-bond donors (Lipinski definition) is 1. The molecule has 6 heteroatoms. The van der Waals surface area contributed by atoms with Crippen LogP contribution in [0.5, 0.6) is 0 Å². The molecule has 0 radical (unpaired) electrons. The fourth-order valence-corrected chi connectivity index (χ4v) is 2.74. The van der Waals surface area contributed by atoms with Gasteiger partial charge in [-0.05, 0) is 40.5 Å². The molecule has 0 saturated carbocycles. The molecule has 2 nitrogen and oxygen atoms in total. The third kappa shape index (κ3) is 2.69. The molecule has 1 aromatic heterocycles. The zero-order chi connectivity index (χ0) is 11.7. The molecule has 0 aliphatic heterocycles. The topological polar surface area (TPSA) is 24.9 Å². The second kappa shape index (κ2) is 4.92. The van der Waals surface area contributed by atoms with Gasteiger partial charge in [0.1, 0.15) is 5.15 Å². The Kier molecular flexibility index (Phi) is 3.74. The van der Waals surface area contributed by atoms with Crippen LogP contribution in [-0.4, -0.2) is 4.98 Å². The summed E-state index contributed by atoms with van der Waals surface area (Å²) in [6.07, 6.45) is 0. The van der Waals surface area contributed by atoms with E-state index in [1.54, 1.807) is 5.38 Å². The molecule has 0 atom stereocenters. The lowest BCUT2D eigenvalue weighted by Crippen LogP contribution is -1.91. The summed E-state index contributed by atoms with van der Waals surface area (Å²) in [5.74, 6) is 0. The second-order valence-electron chi connectivity index (χ2n) is 3.18. The van der Waals surface area contributed by atoms with Crippen LogP contribution in [0.3, 0.4) is 0 Å². The quantitative estimate of drug-likeness (QED) is 0.808. The Bertz CT molecular complexity index is 528. The van der Waals surface area contributed by atoms with Crippen molar-refractivity contribution in [2.75, 3.05) is 5.32 Å². The first-order chi connectivity index (χ1) is 7.56. The van der Waals surface area contributed by atoms with Gasteiger partial charge in [-0.2, -0.15) is 0 Å². The summed E-state index contributed by atoms with van der Waals surface area (Å²) in [6, 6.07) is 3.82. The summed E-state index contributed by atoms with van der Waals surface area (Å²) in [4.78, 5) is 4.11. The van der Waals surface area contributed by atoms with Gasteiger partial charge in [0, 0.05) is 14.9 Å². The van der Waals surface area contributed by atoms with Gasteiger partial charge in [0.05, 0.1) is 5.69 Å². The number of nitrogens with zero attached hydrogens (tertiary/aromatic N) is 1. The first-order valence-corrected chi connectivity index (χ1v) is 6.83. The fourth-order valence-electron chi connectivity index (χ4n) is 1.17. The third-order valence-electron chi connectivity index (χ3n) is 1.97. The highest BCUT2D eigenvalue weighted by Gasteiger charge is 2.06. The van der Waals surface area contributed by atoms with E-state index in [0.717, 1.165) is 20.9 Å². The number of thiazole rings is 1. The predicted octanol–water partition coefficient (Wildman–Crippen LogP) is 5.26. The lowest BCUT2D eigenvalue weighted by molar-refractivity contribution is 1.37.